The van der Waals surface area contributed by atoms with Gasteiger partial charge in [0, 0.05) is 22.7 Å². The Morgan fingerprint density at radius 2 is 2.00 bits per heavy atom. The highest BCUT2D eigenvalue weighted by Crippen LogP contribution is 2.28. The smallest absolute Gasteiger partial charge is 0.127 e. The minimum Gasteiger partial charge on any atom is -0.365 e. The van der Waals surface area contributed by atoms with Gasteiger partial charge in [-0.2, -0.15) is 0 Å². The molecule has 0 fully saturated rings. The molecule has 1 N–H and O–H groups in total. The van der Waals surface area contributed by atoms with Crippen LogP contribution in [0.5, 0.6) is 0 Å². The normalized spacial score (nSPS) is 11.6. The van der Waals surface area contributed by atoms with Gasteiger partial charge < -0.3 is 9.51 Å². The first-order valence-electron chi connectivity index (χ1n) is 7.91. The van der Waals surface area contributed by atoms with Crippen LogP contribution in [0.2, 0.25) is 0 Å². The Morgan fingerprint density at radius 3 is 2.68 bits per heavy atom. The summed E-state index contributed by atoms with van der Waals surface area (Å²) in [6.45, 7) is 4.37. The number of aromatic amines is 1. The number of nitrogens with zero attached hydrogens (tertiary/aromatic N) is 1. The predicted molar refractivity (Wildman–Crippen MR) is 85.5 cm³/mol. The minimum absolute atomic E-state index is 0.147. The first-order valence-corrected chi connectivity index (χ1v) is 7.91. The largest absolute Gasteiger partial charge is 0.365 e. The molecule has 2 aromatic heterocycles. The molecular weight excluding hydrogens is 279 g/mol. The van der Waals surface area contributed by atoms with E-state index in [1.807, 2.05) is 12.1 Å². The molecule has 3 nitrogen and oxygen atoms in total. The summed E-state index contributed by atoms with van der Waals surface area (Å²) >= 11 is 0. The molecule has 2 heterocycles. The van der Waals surface area contributed by atoms with E-state index in [1.54, 1.807) is 12.3 Å². The number of benzene rings is 1. The van der Waals surface area contributed by atoms with Crippen molar-refractivity contribution in [2.75, 3.05) is 0 Å². The molecule has 1 aromatic carbocycles. The van der Waals surface area contributed by atoms with Crippen LogP contribution in [-0.4, -0.2) is 10.1 Å². The molecule has 22 heavy (non-hydrogen) atoms. The summed E-state index contributed by atoms with van der Waals surface area (Å²) in [7, 11) is 0. The molecule has 3 rings (SSSR count). The maximum absolute atomic E-state index is 14.3. The van der Waals surface area contributed by atoms with E-state index in [0.717, 1.165) is 29.4 Å². The Kier molecular flexibility index (Phi) is 4.27. The molecule has 0 atom stereocenters. The van der Waals surface area contributed by atoms with Crippen LogP contribution < -0.4 is 0 Å². The van der Waals surface area contributed by atoms with Gasteiger partial charge in [-0.25, -0.2) is 4.39 Å². The summed E-state index contributed by atoms with van der Waals surface area (Å²) < 4.78 is 19.1. The van der Waals surface area contributed by atoms with Crippen molar-refractivity contribution in [1.29, 1.82) is 0 Å². The average Bonchev–Trinajstić information content (AvgIpc) is 3.15. The van der Waals surface area contributed by atoms with Gasteiger partial charge in [0.2, 0.25) is 0 Å². The first kappa shape index (κ1) is 14.8. The number of fused-ring (bicyclic) bond motifs is 1. The lowest BCUT2D eigenvalue weighted by Crippen LogP contribution is -1.95. The summed E-state index contributed by atoms with van der Waals surface area (Å²) in [5.74, 6) is 0.361. The van der Waals surface area contributed by atoms with Crippen LogP contribution in [0, 0.1) is 5.82 Å². The first-order chi connectivity index (χ1) is 10.7. The summed E-state index contributed by atoms with van der Waals surface area (Å²) in [5, 5.41) is 4.82. The Morgan fingerprint density at radius 1 is 1.18 bits per heavy atom. The molecule has 0 saturated heterocycles. The fourth-order valence-corrected chi connectivity index (χ4v) is 2.99. The standard InChI is InChI=1S/C18H21FN2O/c1-3-12(4-2)17-11-14-9-16(19)13(10-18(14)20-17)5-6-15-7-8-22-21-15/h7-12,20H,3-6H2,1-2H3. The lowest BCUT2D eigenvalue weighted by molar-refractivity contribution is 0.411. The quantitative estimate of drug-likeness (QED) is 0.697. The highest BCUT2D eigenvalue weighted by molar-refractivity contribution is 5.81. The molecule has 0 amide bonds. The number of nitrogens with one attached hydrogen (secondary N) is 1. The highest BCUT2D eigenvalue weighted by atomic mass is 19.1. The maximum Gasteiger partial charge on any atom is 0.127 e. The van der Waals surface area contributed by atoms with Crippen LogP contribution in [0.25, 0.3) is 10.9 Å². The van der Waals surface area contributed by atoms with Crippen LogP contribution in [0.3, 0.4) is 0 Å². The number of hydrogen-bond acceptors (Lipinski definition) is 2. The van der Waals surface area contributed by atoms with Gasteiger partial charge in [0.1, 0.15) is 12.1 Å². The lowest BCUT2D eigenvalue weighted by atomic mass is 9.99. The summed E-state index contributed by atoms with van der Waals surface area (Å²) in [4.78, 5) is 3.46. The van der Waals surface area contributed by atoms with Gasteiger partial charge in [-0.1, -0.05) is 19.0 Å². The fraction of sp³-hybridized carbons (Fsp3) is 0.389. The number of aromatic nitrogens is 2. The van der Waals surface area contributed by atoms with Gasteiger partial charge in [-0.05, 0) is 55.4 Å². The van der Waals surface area contributed by atoms with Crippen molar-refractivity contribution in [1.82, 2.24) is 10.1 Å². The molecule has 116 valence electrons. The van der Waals surface area contributed by atoms with E-state index in [2.05, 4.69) is 30.1 Å². The Balaban J connectivity index is 1.86. The van der Waals surface area contributed by atoms with Gasteiger partial charge in [-0.3, -0.25) is 0 Å². The molecule has 0 radical (unpaired) electrons. The van der Waals surface area contributed by atoms with Crippen molar-refractivity contribution in [2.24, 2.45) is 0 Å². The van der Waals surface area contributed by atoms with E-state index in [0.29, 0.717) is 24.3 Å². The third kappa shape index (κ3) is 2.91. The topological polar surface area (TPSA) is 41.8 Å². The van der Waals surface area contributed by atoms with E-state index < -0.39 is 0 Å². The number of H-pyrrole nitrogens is 1. The van der Waals surface area contributed by atoms with Crippen molar-refractivity contribution in [3.63, 3.8) is 0 Å². The molecule has 0 aliphatic rings. The molecule has 0 saturated carbocycles. The van der Waals surface area contributed by atoms with Crippen LogP contribution in [0.15, 0.2) is 35.1 Å². The molecule has 0 aliphatic carbocycles. The van der Waals surface area contributed by atoms with Crippen molar-refractivity contribution in [2.45, 2.75) is 45.4 Å². The summed E-state index contributed by atoms with van der Waals surface area (Å²) in [5.41, 5.74) is 3.78. The second-order valence-electron chi connectivity index (χ2n) is 5.76. The predicted octanol–water partition coefficient (Wildman–Crippen LogP) is 4.98. The SMILES string of the molecule is CCC(CC)c1cc2cc(F)c(CCc3ccon3)cc2[nH]1. The molecule has 0 spiro atoms. The number of aryl methyl sites for hydroxylation is 2. The number of rotatable bonds is 6. The van der Waals surface area contributed by atoms with Gasteiger partial charge in [0.15, 0.2) is 0 Å². The Labute approximate surface area is 129 Å². The van der Waals surface area contributed by atoms with E-state index >= 15 is 0 Å². The van der Waals surface area contributed by atoms with Gasteiger partial charge in [0.25, 0.3) is 0 Å². The number of halogens is 1. The van der Waals surface area contributed by atoms with Crippen molar-refractivity contribution in [3.05, 3.63) is 53.3 Å². The Bertz CT molecular complexity index is 742. The lowest BCUT2D eigenvalue weighted by Gasteiger charge is -2.08. The summed E-state index contributed by atoms with van der Waals surface area (Å²) in [6.07, 6.45) is 5.02. The third-order valence-electron chi connectivity index (χ3n) is 4.38. The average molecular weight is 300 g/mol. The molecule has 3 aromatic rings. The zero-order valence-corrected chi connectivity index (χ0v) is 13.0. The van der Waals surface area contributed by atoms with E-state index in [1.165, 1.54) is 5.69 Å². The van der Waals surface area contributed by atoms with Gasteiger partial charge >= 0.3 is 0 Å². The van der Waals surface area contributed by atoms with Crippen LogP contribution in [0.4, 0.5) is 4.39 Å². The zero-order valence-electron chi connectivity index (χ0n) is 13.0. The maximum atomic E-state index is 14.3. The Hall–Kier alpha value is -2.10. The third-order valence-corrected chi connectivity index (χ3v) is 4.38. The molecular formula is C18H21FN2O. The van der Waals surface area contributed by atoms with E-state index in [9.17, 15) is 4.39 Å². The van der Waals surface area contributed by atoms with E-state index in [4.69, 9.17) is 4.52 Å². The monoisotopic (exact) mass is 300 g/mol. The van der Waals surface area contributed by atoms with Gasteiger partial charge in [-0.15, -0.1) is 0 Å². The summed E-state index contributed by atoms with van der Waals surface area (Å²) in [6, 6.07) is 7.46. The molecule has 0 aliphatic heterocycles. The van der Waals surface area contributed by atoms with Gasteiger partial charge in [0.05, 0.1) is 5.69 Å². The van der Waals surface area contributed by atoms with Crippen LogP contribution >= 0.6 is 0 Å². The van der Waals surface area contributed by atoms with Crippen LogP contribution in [-0.2, 0) is 12.8 Å². The molecule has 0 bridgehead atoms. The van der Waals surface area contributed by atoms with E-state index in [-0.39, 0.29) is 5.82 Å². The second-order valence-corrected chi connectivity index (χ2v) is 5.76. The fourth-order valence-electron chi connectivity index (χ4n) is 2.99. The van der Waals surface area contributed by atoms with Crippen molar-refractivity contribution >= 4 is 10.9 Å². The minimum atomic E-state index is -0.147. The highest BCUT2D eigenvalue weighted by Gasteiger charge is 2.13. The second kappa shape index (κ2) is 6.34. The molecule has 4 heteroatoms. The van der Waals surface area contributed by atoms with Crippen molar-refractivity contribution in [3.8, 4) is 0 Å². The zero-order chi connectivity index (χ0) is 15.5. The molecule has 0 unspecified atom stereocenters. The van der Waals surface area contributed by atoms with Crippen molar-refractivity contribution < 1.29 is 8.91 Å². The number of hydrogen-bond donors (Lipinski definition) is 1. The van der Waals surface area contributed by atoms with Crippen LogP contribution in [0.1, 0.15) is 49.6 Å².